The lowest BCUT2D eigenvalue weighted by Gasteiger charge is -1.99. The van der Waals surface area contributed by atoms with Crippen LogP contribution in [0.15, 0.2) is 45.9 Å². The Balaban J connectivity index is 2.59. The van der Waals surface area contributed by atoms with Crippen molar-refractivity contribution in [3.05, 3.63) is 51.6 Å². The van der Waals surface area contributed by atoms with Crippen LogP contribution in [0, 0.1) is 0 Å². The van der Waals surface area contributed by atoms with Gasteiger partial charge in [0.1, 0.15) is 0 Å². The summed E-state index contributed by atoms with van der Waals surface area (Å²) >= 11 is 3.35. The minimum Gasteiger partial charge on any atom is -0.312 e. The van der Waals surface area contributed by atoms with Crippen molar-refractivity contribution in [3.8, 4) is 5.69 Å². The molecule has 0 spiro atoms. The third-order valence-electron chi connectivity index (χ3n) is 1.74. The maximum Gasteiger partial charge on any atom is 0.330 e. The van der Waals surface area contributed by atoms with Gasteiger partial charge in [0.2, 0.25) is 0 Å². The number of hydrogen-bond acceptors (Lipinski definition) is 1. The summed E-state index contributed by atoms with van der Waals surface area (Å²) < 4.78 is 2.50. The molecule has 4 heteroatoms. The van der Waals surface area contributed by atoms with Gasteiger partial charge in [-0.05, 0) is 18.2 Å². The van der Waals surface area contributed by atoms with E-state index < -0.39 is 0 Å². The van der Waals surface area contributed by atoms with E-state index in [4.69, 9.17) is 0 Å². The van der Waals surface area contributed by atoms with Crippen LogP contribution in [-0.4, -0.2) is 9.55 Å². The number of halogens is 1. The van der Waals surface area contributed by atoms with Gasteiger partial charge in [0.15, 0.2) is 0 Å². The molecule has 0 fully saturated rings. The first-order valence-electron chi connectivity index (χ1n) is 3.79. The molecule has 0 aliphatic heterocycles. The lowest BCUT2D eigenvalue weighted by atomic mass is 10.3. The second kappa shape index (κ2) is 3.22. The fourth-order valence-electron chi connectivity index (χ4n) is 1.15. The molecule has 0 amide bonds. The summed E-state index contributed by atoms with van der Waals surface area (Å²) in [6.07, 6.45) is 3.31. The van der Waals surface area contributed by atoms with Gasteiger partial charge < -0.3 is 4.98 Å². The molecule has 13 heavy (non-hydrogen) atoms. The number of aromatic amines is 1. The van der Waals surface area contributed by atoms with Crippen LogP contribution in [-0.2, 0) is 0 Å². The molecular formula is C9H7BrN2O. The molecular weight excluding hydrogens is 232 g/mol. The molecule has 0 aliphatic rings. The lowest BCUT2D eigenvalue weighted by Crippen LogP contribution is -2.13. The summed E-state index contributed by atoms with van der Waals surface area (Å²) in [4.78, 5) is 13.8. The van der Waals surface area contributed by atoms with Crippen LogP contribution in [0.25, 0.3) is 5.69 Å². The topological polar surface area (TPSA) is 37.8 Å². The SMILES string of the molecule is O=c1[nH]ccn1-c1cccc(Br)c1. The average molecular weight is 239 g/mol. The van der Waals surface area contributed by atoms with Crippen LogP contribution in [0.2, 0.25) is 0 Å². The molecule has 1 heterocycles. The molecule has 0 atom stereocenters. The van der Waals surface area contributed by atoms with E-state index in [2.05, 4.69) is 20.9 Å². The largest absolute Gasteiger partial charge is 0.330 e. The fraction of sp³-hybridized carbons (Fsp3) is 0. The van der Waals surface area contributed by atoms with Gasteiger partial charge in [-0.3, -0.25) is 4.57 Å². The Kier molecular flexibility index (Phi) is 2.06. The molecule has 0 saturated heterocycles. The van der Waals surface area contributed by atoms with Crippen LogP contribution < -0.4 is 5.69 Å². The van der Waals surface area contributed by atoms with Gasteiger partial charge in [0.05, 0.1) is 5.69 Å². The van der Waals surface area contributed by atoms with Crippen molar-refractivity contribution in [2.24, 2.45) is 0 Å². The Bertz CT molecular complexity index is 472. The fourth-order valence-corrected chi connectivity index (χ4v) is 1.54. The van der Waals surface area contributed by atoms with E-state index in [1.165, 1.54) is 0 Å². The Labute approximate surface area is 83.2 Å². The van der Waals surface area contributed by atoms with Crippen LogP contribution >= 0.6 is 15.9 Å². The highest BCUT2D eigenvalue weighted by Gasteiger charge is 1.98. The molecule has 3 nitrogen and oxygen atoms in total. The molecule has 1 aromatic heterocycles. The lowest BCUT2D eigenvalue weighted by molar-refractivity contribution is 0.986. The Morgan fingerprint density at radius 3 is 2.85 bits per heavy atom. The number of nitrogens with one attached hydrogen (secondary N) is 1. The van der Waals surface area contributed by atoms with Crippen molar-refractivity contribution >= 4 is 15.9 Å². The molecule has 0 aliphatic carbocycles. The Morgan fingerprint density at radius 2 is 2.23 bits per heavy atom. The third-order valence-corrected chi connectivity index (χ3v) is 2.23. The van der Waals surface area contributed by atoms with Gasteiger partial charge >= 0.3 is 5.69 Å². The number of benzene rings is 1. The van der Waals surface area contributed by atoms with Crippen molar-refractivity contribution in [1.29, 1.82) is 0 Å². The minimum atomic E-state index is -0.127. The second-order valence-electron chi connectivity index (χ2n) is 2.62. The standard InChI is InChI=1S/C9H7BrN2O/c10-7-2-1-3-8(6-7)12-5-4-11-9(12)13/h1-6H,(H,11,13). The number of rotatable bonds is 1. The molecule has 66 valence electrons. The number of hydrogen-bond donors (Lipinski definition) is 1. The van der Waals surface area contributed by atoms with E-state index in [0.717, 1.165) is 10.2 Å². The Hall–Kier alpha value is -1.29. The van der Waals surface area contributed by atoms with Crippen LogP contribution in [0.5, 0.6) is 0 Å². The van der Waals surface area contributed by atoms with Gasteiger partial charge in [0, 0.05) is 16.9 Å². The zero-order valence-corrected chi connectivity index (χ0v) is 8.28. The highest BCUT2D eigenvalue weighted by atomic mass is 79.9. The van der Waals surface area contributed by atoms with Crippen molar-refractivity contribution in [3.63, 3.8) is 0 Å². The molecule has 2 aromatic rings. The number of H-pyrrole nitrogens is 1. The van der Waals surface area contributed by atoms with Crippen molar-refractivity contribution in [1.82, 2.24) is 9.55 Å². The monoisotopic (exact) mass is 238 g/mol. The van der Waals surface area contributed by atoms with E-state index in [-0.39, 0.29) is 5.69 Å². The number of nitrogens with zero attached hydrogens (tertiary/aromatic N) is 1. The van der Waals surface area contributed by atoms with E-state index in [1.54, 1.807) is 17.0 Å². The summed E-state index contributed by atoms with van der Waals surface area (Å²) in [5.41, 5.74) is 0.721. The highest BCUT2D eigenvalue weighted by molar-refractivity contribution is 9.10. The van der Waals surface area contributed by atoms with Gasteiger partial charge in [-0.25, -0.2) is 4.79 Å². The van der Waals surface area contributed by atoms with Gasteiger partial charge in [-0.2, -0.15) is 0 Å². The predicted octanol–water partition coefficient (Wildman–Crippen LogP) is 1.93. The van der Waals surface area contributed by atoms with E-state index >= 15 is 0 Å². The van der Waals surface area contributed by atoms with Gasteiger partial charge in [-0.1, -0.05) is 22.0 Å². The number of aromatic nitrogens is 2. The first-order chi connectivity index (χ1) is 6.27. The molecule has 1 N–H and O–H groups in total. The molecule has 1 aromatic carbocycles. The molecule has 0 unspecified atom stereocenters. The summed E-state index contributed by atoms with van der Waals surface area (Å²) in [7, 11) is 0. The molecule has 0 bridgehead atoms. The van der Waals surface area contributed by atoms with Crippen molar-refractivity contribution in [2.45, 2.75) is 0 Å². The summed E-state index contributed by atoms with van der Waals surface area (Å²) in [5, 5.41) is 0. The van der Waals surface area contributed by atoms with Crippen LogP contribution in [0.1, 0.15) is 0 Å². The summed E-state index contributed by atoms with van der Waals surface area (Å²) in [6.45, 7) is 0. The average Bonchev–Trinajstić information content (AvgIpc) is 2.51. The van der Waals surface area contributed by atoms with Crippen LogP contribution in [0.3, 0.4) is 0 Å². The molecule has 2 rings (SSSR count). The maximum atomic E-state index is 11.2. The maximum absolute atomic E-state index is 11.2. The van der Waals surface area contributed by atoms with Gasteiger partial charge in [-0.15, -0.1) is 0 Å². The predicted molar refractivity (Wildman–Crippen MR) is 54.1 cm³/mol. The normalized spacial score (nSPS) is 10.2. The summed E-state index contributed by atoms with van der Waals surface area (Å²) in [5.74, 6) is 0. The molecule has 0 saturated carbocycles. The highest BCUT2D eigenvalue weighted by Crippen LogP contribution is 2.13. The van der Waals surface area contributed by atoms with E-state index in [0.29, 0.717) is 0 Å². The molecule has 0 radical (unpaired) electrons. The second-order valence-corrected chi connectivity index (χ2v) is 3.53. The Morgan fingerprint density at radius 1 is 1.38 bits per heavy atom. The van der Waals surface area contributed by atoms with E-state index in [1.807, 2.05) is 24.3 Å². The van der Waals surface area contributed by atoms with E-state index in [9.17, 15) is 4.79 Å². The van der Waals surface area contributed by atoms with Crippen molar-refractivity contribution in [2.75, 3.05) is 0 Å². The van der Waals surface area contributed by atoms with Crippen molar-refractivity contribution < 1.29 is 0 Å². The quantitative estimate of drug-likeness (QED) is 0.811. The minimum absolute atomic E-state index is 0.127. The van der Waals surface area contributed by atoms with Crippen LogP contribution in [0.4, 0.5) is 0 Å². The first kappa shape index (κ1) is 8.31. The zero-order valence-electron chi connectivity index (χ0n) is 6.70. The smallest absolute Gasteiger partial charge is 0.312 e. The van der Waals surface area contributed by atoms with Gasteiger partial charge in [0.25, 0.3) is 0 Å². The number of imidazole rings is 1. The zero-order chi connectivity index (χ0) is 9.26. The summed E-state index contributed by atoms with van der Waals surface area (Å²) in [6, 6.07) is 7.56. The first-order valence-corrected chi connectivity index (χ1v) is 4.58. The third kappa shape index (κ3) is 1.58.